The van der Waals surface area contributed by atoms with E-state index in [1.165, 1.54) is 58.3 Å². The zero-order valence-corrected chi connectivity index (χ0v) is 11.4. The van der Waals surface area contributed by atoms with E-state index in [1.807, 2.05) is 0 Å². The summed E-state index contributed by atoms with van der Waals surface area (Å²) in [7, 11) is 4.51. The van der Waals surface area contributed by atoms with E-state index in [4.69, 9.17) is 0 Å². The highest BCUT2D eigenvalue weighted by molar-refractivity contribution is 5.02. The number of hydrogen-bond donors (Lipinski definition) is 1. The van der Waals surface area contributed by atoms with Gasteiger partial charge in [-0.1, -0.05) is 6.42 Å². The van der Waals surface area contributed by atoms with Crippen LogP contribution in [0.2, 0.25) is 0 Å². The molecule has 1 spiro atoms. The van der Waals surface area contributed by atoms with Crippen molar-refractivity contribution in [3.05, 3.63) is 0 Å². The highest BCUT2D eigenvalue weighted by Crippen LogP contribution is 2.55. The van der Waals surface area contributed by atoms with Crippen LogP contribution < -0.4 is 5.32 Å². The number of nitrogens with zero attached hydrogens (tertiary/aromatic N) is 2. The van der Waals surface area contributed by atoms with Gasteiger partial charge < -0.3 is 10.2 Å². The van der Waals surface area contributed by atoms with Crippen LogP contribution in [0.3, 0.4) is 0 Å². The first-order valence-corrected chi connectivity index (χ1v) is 7.29. The monoisotopic (exact) mass is 237 g/mol. The molecule has 1 N–H and O–H groups in total. The van der Waals surface area contributed by atoms with E-state index in [0.29, 0.717) is 6.04 Å². The van der Waals surface area contributed by atoms with Gasteiger partial charge in [0.1, 0.15) is 0 Å². The highest BCUT2D eigenvalue weighted by atomic mass is 15.3. The Labute approximate surface area is 106 Å². The van der Waals surface area contributed by atoms with E-state index in [2.05, 4.69) is 29.2 Å². The third-order valence-corrected chi connectivity index (χ3v) is 5.40. The Morgan fingerprint density at radius 1 is 1.18 bits per heavy atom. The lowest BCUT2D eigenvalue weighted by Crippen LogP contribution is -2.58. The van der Waals surface area contributed by atoms with Crippen molar-refractivity contribution in [2.75, 3.05) is 40.3 Å². The largest absolute Gasteiger partial charge is 0.312 e. The van der Waals surface area contributed by atoms with Gasteiger partial charge >= 0.3 is 0 Å². The first-order chi connectivity index (χ1) is 8.17. The van der Waals surface area contributed by atoms with Crippen LogP contribution in [-0.4, -0.2) is 62.2 Å². The fourth-order valence-electron chi connectivity index (χ4n) is 3.84. The van der Waals surface area contributed by atoms with E-state index in [-0.39, 0.29) is 0 Å². The second-order valence-electron chi connectivity index (χ2n) is 6.76. The van der Waals surface area contributed by atoms with Gasteiger partial charge in [0.25, 0.3) is 0 Å². The van der Waals surface area contributed by atoms with Crippen LogP contribution in [0.5, 0.6) is 0 Å². The maximum absolute atomic E-state index is 3.79. The SMILES string of the molecule is CN1CCN(C)C(CNC2CC3(CCC3)C2)C1. The Bertz CT molecular complexity index is 267. The summed E-state index contributed by atoms with van der Waals surface area (Å²) in [4.78, 5) is 4.98. The molecule has 1 atom stereocenters. The van der Waals surface area contributed by atoms with Crippen LogP contribution in [0.15, 0.2) is 0 Å². The van der Waals surface area contributed by atoms with Gasteiger partial charge in [0.2, 0.25) is 0 Å². The molecule has 3 aliphatic rings. The van der Waals surface area contributed by atoms with Crippen molar-refractivity contribution in [2.24, 2.45) is 5.41 Å². The van der Waals surface area contributed by atoms with Gasteiger partial charge in [-0.25, -0.2) is 0 Å². The van der Waals surface area contributed by atoms with Crippen molar-refractivity contribution in [3.63, 3.8) is 0 Å². The van der Waals surface area contributed by atoms with E-state index in [9.17, 15) is 0 Å². The summed E-state index contributed by atoms with van der Waals surface area (Å²) < 4.78 is 0. The zero-order valence-electron chi connectivity index (χ0n) is 11.4. The summed E-state index contributed by atoms with van der Waals surface area (Å²) in [6.07, 6.45) is 7.43. The van der Waals surface area contributed by atoms with Crippen molar-refractivity contribution in [1.29, 1.82) is 0 Å². The molecule has 1 aliphatic heterocycles. The molecule has 2 saturated carbocycles. The number of nitrogens with one attached hydrogen (secondary N) is 1. The van der Waals surface area contributed by atoms with E-state index in [1.54, 1.807) is 0 Å². The van der Waals surface area contributed by atoms with Gasteiger partial charge in [0.05, 0.1) is 0 Å². The molecule has 1 heterocycles. The molecule has 0 amide bonds. The van der Waals surface area contributed by atoms with Crippen molar-refractivity contribution >= 4 is 0 Å². The highest BCUT2D eigenvalue weighted by Gasteiger charge is 2.47. The van der Waals surface area contributed by atoms with Gasteiger partial charge in [-0.2, -0.15) is 0 Å². The van der Waals surface area contributed by atoms with E-state index >= 15 is 0 Å². The number of likely N-dealkylation sites (N-methyl/N-ethyl adjacent to an activating group) is 2. The normalized spacial score (nSPS) is 34.6. The van der Waals surface area contributed by atoms with Crippen molar-refractivity contribution in [3.8, 4) is 0 Å². The second-order valence-corrected chi connectivity index (χ2v) is 6.76. The van der Waals surface area contributed by atoms with Gasteiger partial charge in [0.15, 0.2) is 0 Å². The molecule has 0 radical (unpaired) electrons. The maximum atomic E-state index is 3.79. The Kier molecular flexibility index (Phi) is 3.18. The molecule has 3 nitrogen and oxygen atoms in total. The van der Waals surface area contributed by atoms with Crippen LogP contribution in [0.1, 0.15) is 32.1 Å². The molecule has 0 aromatic carbocycles. The Balaban J connectivity index is 1.39. The fourth-order valence-corrected chi connectivity index (χ4v) is 3.84. The van der Waals surface area contributed by atoms with Gasteiger partial charge in [0, 0.05) is 38.3 Å². The molecule has 3 rings (SSSR count). The van der Waals surface area contributed by atoms with Crippen molar-refractivity contribution in [1.82, 2.24) is 15.1 Å². The molecule has 0 aromatic rings. The molecule has 2 aliphatic carbocycles. The van der Waals surface area contributed by atoms with Crippen LogP contribution in [0.4, 0.5) is 0 Å². The molecule has 3 fully saturated rings. The number of hydrogen-bond acceptors (Lipinski definition) is 3. The summed E-state index contributed by atoms with van der Waals surface area (Å²) in [5.41, 5.74) is 0.812. The minimum Gasteiger partial charge on any atom is -0.312 e. The van der Waals surface area contributed by atoms with Gasteiger partial charge in [-0.05, 0) is 45.2 Å². The zero-order chi connectivity index (χ0) is 11.9. The number of piperazine rings is 1. The van der Waals surface area contributed by atoms with Crippen molar-refractivity contribution in [2.45, 2.75) is 44.2 Å². The summed E-state index contributed by atoms with van der Waals surface area (Å²) in [5, 5.41) is 3.79. The van der Waals surface area contributed by atoms with Gasteiger partial charge in [-0.3, -0.25) is 4.90 Å². The van der Waals surface area contributed by atoms with E-state index < -0.39 is 0 Å². The third-order valence-electron chi connectivity index (χ3n) is 5.40. The van der Waals surface area contributed by atoms with Crippen LogP contribution in [0, 0.1) is 5.41 Å². The molecule has 1 saturated heterocycles. The molecule has 0 bridgehead atoms. The quantitative estimate of drug-likeness (QED) is 0.794. The predicted molar refractivity (Wildman–Crippen MR) is 71.2 cm³/mol. The fraction of sp³-hybridized carbons (Fsp3) is 1.00. The molecular weight excluding hydrogens is 210 g/mol. The Morgan fingerprint density at radius 3 is 2.59 bits per heavy atom. The smallest absolute Gasteiger partial charge is 0.0345 e. The van der Waals surface area contributed by atoms with Crippen molar-refractivity contribution < 1.29 is 0 Å². The molecule has 98 valence electrons. The lowest BCUT2D eigenvalue weighted by molar-refractivity contribution is -0.00607. The first-order valence-electron chi connectivity index (χ1n) is 7.29. The van der Waals surface area contributed by atoms with Gasteiger partial charge in [-0.15, -0.1) is 0 Å². The average Bonchev–Trinajstić information content (AvgIpc) is 2.18. The molecule has 0 aromatic heterocycles. The molecule has 1 unspecified atom stereocenters. The minimum absolute atomic E-state index is 0.715. The van der Waals surface area contributed by atoms with Crippen LogP contribution in [-0.2, 0) is 0 Å². The average molecular weight is 237 g/mol. The standard InChI is InChI=1S/C14H27N3/c1-16-6-7-17(2)13(11-16)10-15-12-8-14(9-12)4-3-5-14/h12-13,15H,3-11H2,1-2H3. The van der Waals surface area contributed by atoms with Crippen LogP contribution in [0.25, 0.3) is 0 Å². The second kappa shape index (κ2) is 4.52. The lowest BCUT2D eigenvalue weighted by atomic mass is 9.54. The summed E-state index contributed by atoms with van der Waals surface area (Å²) in [6.45, 7) is 4.85. The predicted octanol–water partition coefficient (Wildman–Crippen LogP) is 1.15. The summed E-state index contributed by atoms with van der Waals surface area (Å²) in [5.74, 6) is 0. The number of rotatable bonds is 3. The first kappa shape index (κ1) is 11.9. The summed E-state index contributed by atoms with van der Waals surface area (Å²) >= 11 is 0. The van der Waals surface area contributed by atoms with Crippen LogP contribution >= 0.6 is 0 Å². The third kappa shape index (κ3) is 2.38. The molecule has 3 heteroatoms. The Morgan fingerprint density at radius 2 is 1.94 bits per heavy atom. The minimum atomic E-state index is 0.715. The summed E-state index contributed by atoms with van der Waals surface area (Å²) in [6, 6.07) is 1.54. The van der Waals surface area contributed by atoms with E-state index in [0.717, 1.165) is 11.5 Å². The molecular formula is C14H27N3. The maximum Gasteiger partial charge on any atom is 0.0345 e. The lowest BCUT2D eigenvalue weighted by Gasteiger charge is -2.55. The molecule has 17 heavy (non-hydrogen) atoms. The Hall–Kier alpha value is -0.120. The topological polar surface area (TPSA) is 18.5 Å².